The molecule has 0 aliphatic heterocycles. The van der Waals surface area contributed by atoms with Gasteiger partial charge in [0.05, 0.1) is 13.2 Å². The molecule has 0 spiro atoms. The summed E-state index contributed by atoms with van der Waals surface area (Å²) in [5.41, 5.74) is 0. The molecule has 0 rings (SSSR count). The number of ether oxygens (including phenoxy) is 2. The lowest BCUT2D eigenvalue weighted by Gasteiger charge is -2.15. The van der Waals surface area contributed by atoms with E-state index in [4.69, 9.17) is 9.47 Å². The van der Waals surface area contributed by atoms with Gasteiger partial charge in [0.15, 0.2) is 0 Å². The average molecular weight is 300 g/mol. The van der Waals surface area contributed by atoms with Crippen LogP contribution in [0.4, 0.5) is 0 Å². The van der Waals surface area contributed by atoms with E-state index in [1.165, 1.54) is 6.92 Å². The molecule has 21 heavy (non-hydrogen) atoms. The molecule has 2 unspecified atom stereocenters. The van der Waals surface area contributed by atoms with Crippen molar-refractivity contribution in [3.05, 3.63) is 0 Å². The van der Waals surface area contributed by atoms with Gasteiger partial charge in [-0.3, -0.25) is 14.4 Å². The second-order valence-corrected chi connectivity index (χ2v) is 5.40. The van der Waals surface area contributed by atoms with Gasteiger partial charge in [-0.25, -0.2) is 0 Å². The maximum absolute atomic E-state index is 11.2. The molecule has 0 N–H and O–H groups in total. The third-order valence-electron chi connectivity index (χ3n) is 2.85. The number of aldehydes is 1. The van der Waals surface area contributed by atoms with Crippen LogP contribution < -0.4 is 0 Å². The Balaban J connectivity index is 3.74. The van der Waals surface area contributed by atoms with Crippen LogP contribution >= 0.6 is 0 Å². The number of esters is 2. The Morgan fingerprint density at radius 1 is 0.952 bits per heavy atom. The molecule has 0 aromatic heterocycles. The molecule has 0 aliphatic rings. The minimum Gasteiger partial charge on any atom is -0.465 e. The van der Waals surface area contributed by atoms with Crippen LogP contribution in [0.25, 0.3) is 0 Å². The Bertz CT molecular complexity index is 363. The number of rotatable bonds is 11. The monoisotopic (exact) mass is 300 g/mol. The molecule has 0 radical (unpaired) electrons. The highest BCUT2D eigenvalue weighted by Gasteiger charge is 2.12. The van der Waals surface area contributed by atoms with Crippen molar-refractivity contribution in [2.45, 2.75) is 46.5 Å². The number of Topliss-reactive ketones (excluding diaryl/α,β-unsaturated/α-hetero) is 1. The smallest absolute Gasteiger partial charge is 0.313 e. The first-order valence-electron chi connectivity index (χ1n) is 7.09. The van der Waals surface area contributed by atoms with Crippen molar-refractivity contribution in [1.82, 2.24) is 0 Å². The van der Waals surface area contributed by atoms with Gasteiger partial charge in [-0.05, 0) is 31.6 Å². The largest absolute Gasteiger partial charge is 0.465 e. The highest BCUT2D eigenvalue weighted by atomic mass is 16.5. The Kier molecular flexibility index (Phi) is 10.1. The predicted molar refractivity (Wildman–Crippen MR) is 75.5 cm³/mol. The molecule has 6 nitrogen and oxygen atoms in total. The van der Waals surface area contributed by atoms with Gasteiger partial charge in [0.25, 0.3) is 0 Å². The molecule has 0 aromatic carbocycles. The van der Waals surface area contributed by atoms with Crippen LogP contribution in [0.5, 0.6) is 0 Å². The van der Waals surface area contributed by atoms with Crippen LogP contribution in [0.15, 0.2) is 0 Å². The summed E-state index contributed by atoms with van der Waals surface area (Å²) >= 11 is 0. The van der Waals surface area contributed by atoms with E-state index in [1.54, 1.807) is 0 Å². The normalized spacial score (nSPS) is 13.1. The molecular formula is C15H24O6. The predicted octanol–water partition coefficient (Wildman–Crippen LogP) is 1.69. The van der Waals surface area contributed by atoms with Gasteiger partial charge in [-0.15, -0.1) is 0 Å². The molecule has 0 fully saturated rings. The van der Waals surface area contributed by atoms with E-state index in [1.807, 2.05) is 13.8 Å². The second kappa shape index (κ2) is 11.0. The van der Waals surface area contributed by atoms with Crippen molar-refractivity contribution >= 4 is 24.0 Å². The lowest BCUT2D eigenvalue weighted by molar-refractivity contribution is -0.148. The minimum atomic E-state index is -0.511. The Morgan fingerprint density at radius 3 is 1.86 bits per heavy atom. The van der Waals surface area contributed by atoms with E-state index >= 15 is 0 Å². The number of carbonyl (C=O) groups is 4. The zero-order valence-corrected chi connectivity index (χ0v) is 12.9. The summed E-state index contributed by atoms with van der Waals surface area (Å²) in [4.78, 5) is 43.0. The summed E-state index contributed by atoms with van der Waals surface area (Å²) < 4.78 is 9.92. The van der Waals surface area contributed by atoms with Crippen molar-refractivity contribution in [2.24, 2.45) is 11.8 Å². The molecule has 6 heteroatoms. The first-order valence-corrected chi connectivity index (χ1v) is 7.09. The summed E-state index contributed by atoms with van der Waals surface area (Å²) in [6.07, 6.45) is 1.76. The van der Waals surface area contributed by atoms with Crippen LogP contribution in [0.3, 0.4) is 0 Å². The van der Waals surface area contributed by atoms with Gasteiger partial charge < -0.3 is 14.3 Å². The van der Waals surface area contributed by atoms with Gasteiger partial charge in [0.2, 0.25) is 0 Å². The molecule has 0 heterocycles. The number of carbonyl (C=O) groups excluding carboxylic acids is 4. The third kappa shape index (κ3) is 11.8. The van der Waals surface area contributed by atoms with Gasteiger partial charge >= 0.3 is 11.9 Å². The fourth-order valence-electron chi connectivity index (χ4n) is 1.59. The topological polar surface area (TPSA) is 86.7 Å². The fraction of sp³-hybridized carbons (Fsp3) is 0.733. The first kappa shape index (κ1) is 19.3. The van der Waals surface area contributed by atoms with Gasteiger partial charge in [0.1, 0.15) is 24.9 Å². The van der Waals surface area contributed by atoms with Crippen molar-refractivity contribution in [3.63, 3.8) is 0 Å². The van der Waals surface area contributed by atoms with Crippen LogP contribution in [0.1, 0.15) is 46.5 Å². The number of hydrogen-bond donors (Lipinski definition) is 0. The van der Waals surface area contributed by atoms with Gasteiger partial charge in [-0.1, -0.05) is 13.8 Å². The minimum absolute atomic E-state index is 0.175. The summed E-state index contributed by atoms with van der Waals surface area (Å²) in [6.45, 7) is 5.81. The van der Waals surface area contributed by atoms with Gasteiger partial charge in [0, 0.05) is 0 Å². The summed E-state index contributed by atoms with van der Waals surface area (Å²) in [5.74, 6) is -0.864. The molecule has 0 aromatic rings. The molecule has 0 saturated heterocycles. The van der Waals surface area contributed by atoms with Crippen LogP contribution in [-0.2, 0) is 28.7 Å². The summed E-state index contributed by atoms with van der Waals surface area (Å²) in [5, 5.41) is 0. The van der Waals surface area contributed by atoms with E-state index in [0.717, 1.165) is 12.8 Å². The second-order valence-electron chi connectivity index (χ2n) is 5.40. The van der Waals surface area contributed by atoms with Crippen LogP contribution in [0.2, 0.25) is 0 Å². The van der Waals surface area contributed by atoms with Crippen molar-refractivity contribution < 1.29 is 28.7 Å². The molecular weight excluding hydrogens is 276 g/mol. The lowest BCUT2D eigenvalue weighted by Crippen LogP contribution is -2.16. The standard InChI is InChI=1S/C15H24O6/c1-11(9-20-14(18)6-7-16)4-5-12(2)10-21-15(19)8-13(3)17/h7,11-12H,4-6,8-10H2,1-3H3. The molecule has 0 bridgehead atoms. The highest BCUT2D eigenvalue weighted by molar-refractivity contribution is 5.94. The first-order chi connectivity index (χ1) is 9.85. The maximum Gasteiger partial charge on any atom is 0.313 e. The summed E-state index contributed by atoms with van der Waals surface area (Å²) in [7, 11) is 0. The molecule has 0 aliphatic carbocycles. The van der Waals surface area contributed by atoms with E-state index in [0.29, 0.717) is 6.29 Å². The SMILES string of the molecule is CC(=O)CC(=O)OCC(C)CCC(C)COC(=O)CC=O. The fourth-order valence-corrected chi connectivity index (χ4v) is 1.59. The quantitative estimate of drug-likeness (QED) is 0.328. The lowest BCUT2D eigenvalue weighted by atomic mass is 9.99. The summed E-state index contributed by atoms with van der Waals surface area (Å²) in [6, 6.07) is 0. The van der Waals surface area contributed by atoms with Gasteiger partial charge in [-0.2, -0.15) is 0 Å². The molecule has 2 atom stereocenters. The number of hydrogen-bond acceptors (Lipinski definition) is 6. The van der Waals surface area contributed by atoms with E-state index in [2.05, 4.69) is 0 Å². The Labute approximate surface area is 125 Å². The van der Waals surface area contributed by atoms with Crippen LogP contribution in [0, 0.1) is 11.8 Å². The maximum atomic E-state index is 11.2. The highest BCUT2D eigenvalue weighted by Crippen LogP contribution is 2.13. The zero-order chi connectivity index (χ0) is 16.3. The van der Waals surface area contributed by atoms with Crippen molar-refractivity contribution in [1.29, 1.82) is 0 Å². The molecule has 0 saturated carbocycles. The molecule has 120 valence electrons. The van der Waals surface area contributed by atoms with Crippen LogP contribution in [-0.4, -0.2) is 37.2 Å². The average Bonchev–Trinajstić information content (AvgIpc) is 2.40. The Hall–Kier alpha value is -1.72. The number of ketones is 1. The van der Waals surface area contributed by atoms with E-state index in [9.17, 15) is 19.2 Å². The van der Waals surface area contributed by atoms with Crippen molar-refractivity contribution in [2.75, 3.05) is 13.2 Å². The van der Waals surface area contributed by atoms with Crippen molar-refractivity contribution in [3.8, 4) is 0 Å². The van der Waals surface area contributed by atoms with E-state index in [-0.39, 0.29) is 43.7 Å². The zero-order valence-electron chi connectivity index (χ0n) is 12.9. The Morgan fingerprint density at radius 2 is 1.43 bits per heavy atom. The third-order valence-corrected chi connectivity index (χ3v) is 2.85. The molecule has 0 amide bonds. The van der Waals surface area contributed by atoms with E-state index < -0.39 is 11.9 Å².